The molecule has 0 saturated heterocycles. The summed E-state index contributed by atoms with van der Waals surface area (Å²) in [5.74, 6) is -0.0214. The van der Waals surface area contributed by atoms with Gasteiger partial charge in [0, 0.05) is 19.7 Å². The number of carbonyl (C=O) groups is 1. The van der Waals surface area contributed by atoms with Crippen LogP contribution in [0.2, 0.25) is 0 Å². The van der Waals surface area contributed by atoms with Crippen molar-refractivity contribution in [1.29, 1.82) is 0 Å². The first-order chi connectivity index (χ1) is 7.99. The van der Waals surface area contributed by atoms with Crippen molar-refractivity contribution in [3.8, 4) is 0 Å². The normalized spacial score (nSPS) is 10.6. The van der Waals surface area contributed by atoms with Gasteiger partial charge in [0.15, 0.2) is 0 Å². The van der Waals surface area contributed by atoms with Gasteiger partial charge in [-0.15, -0.1) is 0 Å². The highest BCUT2D eigenvalue weighted by atomic mass is 16.2. The van der Waals surface area contributed by atoms with Gasteiger partial charge in [-0.05, 0) is 32.0 Å². The molecule has 0 aliphatic carbocycles. The van der Waals surface area contributed by atoms with E-state index in [0.29, 0.717) is 5.56 Å². The number of hydrogen-bond donors (Lipinski definition) is 0. The predicted octanol–water partition coefficient (Wildman–Crippen LogP) is 1.95. The van der Waals surface area contributed by atoms with Crippen molar-refractivity contribution in [1.82, 2.24) is 14.9 Å². The summed E-state index contributed by atoms with van der Waals surface area (Å²) in [5, 5.41) is 0. The van der Waals surface area contributed by atoms with Gasteiger partial charge in [-0.25, -0.2) is 9.97 Å². The molecule has 2 aromatic rings. The van der Waals surface area contributed by atoms with Crippen LogP contribution in [0, 0.1) is 13.8 Å². The van der Waals surface area contributed by atoms with Gasteiger partial charge in [0.2, 0.25) is 0 Å². The zero-order valence-electron chi connectivity index (χ0n) is 10.5. The van der Waals surface area contributed by atoms with Crippen molar-refractivity contribution in [3.05, 3.63) is 35.2 Å². The molecular formula is C13H15N3O. The van der Waals surface area contributed by atoms with Crippen molar-refractivity contribution >= 4 is 16.9 Å². The number of rotatable bonds is 1. The number of benzene rings is 1. The average Bonchev–Trinajstić information content (AvgIpc) is 2.29. The Bertz CT molecular complexity index is 590. The summed E-state index contributed by atoms with van der Waals surface area (Å²) in [7, 11) is 3.47. The van der Waals surface area contributed by atoms with E-state index in [-0.39, 0.29) is 5.91 Å². The molecule has 88 valence electrons. The lowest BCUT2D eigenvalue weighted by molar-refractivity contribution is 0.0828. The minimum Gasteiger partial charge on any atom is -0.345 e. The second-order valence-electron chi connectivity index (χ2n) is 4.30. The SMILES string of the molecule is Cc1nc2ccc(C(=O)N(C)C)cc2nc1C. The van der Waals surface area contributed by atoms with Crippen molar-refractivity contribution in [2.24, 2.45) is 0 Å². The van der Waals surface area contributed by atoms with Crippen LogP contribution in [-0.4, -0.2) is 34.9 Å². The summed E-state index contributed by atoms with van der Waals surface area (Å²) in [4.78, 5) is 22.2. The second-order valence-corrected chi connectivity index (χ2v) is 4.30. The average molecular weight is 229 g/mol. The lowest BCUT2D eigenvalue weighted by Gasteiger charge is -2.10. The molecule has 2 rings (SSSR count). The first kappa shape index (κ1) is 11.5. The molecule has 0 fully saturated rings. The van der Waals surface area contributed by atoms with Crippen LogP contribution in [0.15, 0.2) is 18.2 Å². The number of aromatic nitrogens is 2. The van der Waals surface area contributed by atoms with E-state index in [2.05, 4.69) is 9.97 Å². The fourth-order valence-corrected chi connectivity index (χ4v) is 1.62. The molecule has 1 heterocycles. The van der Waals surface area contributed by atoms with Gasteiger partial charge in [-0.1, -0.05) is 0 Å². The molecule has 0 N–H and O–H groups in total. The summed E-state index contributed by atoms with van der Waals surface area (Å²) in [6, 6.07) is 5.41. The monoisotopic (exact) mass is 229 g/mol. The molecule has 4 nitrogen and oxygen atoms in total. The largest absolute Gasteiger partial charge is 0.345 e. The summed E-state index contributed by atoms with van der Waals surface area (Å²) in [6.07, 6.45) is 0. The van der Waals surface area contributed by atoms with Crippen molar-refractivity contribution < 1.29 is 4.79 Å². The molecule has 0 aliphatic rings. The Kier molecular flexibility index (Phi) is 2.79. The van der Waals surface area contributed by atoms with Gasteiger partial charge < -0.3 is 4.90 Å². The Balaban J connectivity index is 2.58. The van der Waals surface area contributed by atoms with E-state index in [4.69, 9.17) is 0 Å². The van der Waals surface area contributed by atoms with Crippen LogP contribution in [-0.2, 0) is 0 Å². The molecular weight excluding hydrogens is 214 g/mol. The first-order valence-electron chi connectivity index (χ1n) is 5.45. The molecule has 1 amide bonds. The van der Waals surface area contributed by atoms with Crippen LogP contribution in [0.25, 0.3) is 11.0 Å². The maximum atomic E-state index is 11.8. The molecule has 0 unspecified atom stereocenters. The van der Waals surface area contributed by atoms with E-state index in [1.54, 1.807) is 31.1 Å². The number of fused-ring (bicyclic) bond motifs is 1. The third kappa shape index (κ3) is 2.11. The van der Waals surface area contributed by atoms with E-state index in [9.17, 15) is 4.79 Å². The van der Waals surface area contributed by atoms with Crippen molar-refractivity contribution in [2.45, 2.75) is 13.8 Å². The van der Waals surface area contributed by atoms with Crippen LogP contribution in [0.4, 0.5) is 0 Å². The number of nitrogens with zero attached hydrogens (tertiary/aromatic N) is 3. The fraction of sp³-hybridized carbons (Fsp3) is 0.308. The van der Waals surface area contributed by atoms with Crippen molar-refractivity contribution in [2.75, 3.05) is 14.1 Å². The fourth-order valence-electron chi connectivity index (χ4n) is 1.62. The Labute approximate surface area is 100 Å². The Hall–Kier alpha value is -1.97. The van der Waals surface area contributed by atoms with Crippen LogP contribution >= 0.6 is 0 Å². The highest BCUT2D eigenvalue weighted by molar-refractivity contribution is 5.96. The Morgan fingerprint density at radius 1 is 1.06 bits per heavy atom. The molecule has 0 atom stereocenters. The van der Waals surface area contributed by atoms with E-state index < -0.39 is 0 Å². The molecule has 17 heavy (non-hydrogen) atoms. The summed E-state index contributed by atoms with van der Waals surface area (Å²) in [6.45, 7) is 3.85. The highest BCUT2D eigenvalue weighted by Gasteiger charge is 2.09. The van der Waals surface area contributed by atoms with Gasteiger partial charge in [0.25, 0.3) is 5.91 Å². The maximum absolute atomic E-state index is 11.8. The Morgan fingerprint density at radius 3 is 2.24 bits per heavy atom. The van der Waals surface area contributed by atoms with Gasteiger partial charge in [-0.3, -0.25) is 4.79 Å². The zero-order valence-corrected chi connectivity index (χ0v) is 10.5. The van der Waals surface area contributed by atoms with Crippen LogP contribution in [0.1, 0.15) is 21.7 Å². The van der Waals surface area contributed by atoms with Crippen molar-refractivity contribution in [3.63, 3.8) is 0 Å². The lowest BCUT2D eigenvalue weighted by atomic mass is 10.1. The summed E-state index contributed by atoms with van der Waals surface area (Å²) >= 11 is 0. The third-order valence-electron chi connectivity index (χ3n) is 2.73. The third-order valence-corrected chi connectivity index (χ3v) is 2.73. The van der Waals surface area contributed by atoms with E-state index >= 15 is 0 Å². The molecule has 0 aliphatic heterocycles. The first-order valence-corrected chi connectivity index (χ1v) is 5.45. The van der Waals surface area contributed by atoms with Gasteiger partial charge in [0.1, 0.15) is 0 Å². The number of carbonyl (C=O) groups excluding carboxylic acids is 1. The summed E-state index contributed by atoms with van der Waals surface area (Å²) in [5.41, 5.74) is 4.04. The standard InChI is InChI=1S/C13H15N3O/c1-8-9(2)15-12-7-10(13(17)16(3)4)5-6-11(12)14-8/h5-7H,1-4H3. The maximum Gasteiger partial charge on any atom is 0.253 e. The second kappa shape index (κ2) is 4.13. The predicted molar refractivity (Wildman–Crippen MR) is 67.0 cm³/mol. The Morgan fingerprint density at radius 2 is 1.65 bits per heavy atom. The quantitative estimate of drug-likeness (QED) is 0.750. The van der Waals surface area contributed by atoms with Gasteiger partial charge >= 0.3 is 0 Å². The highest BCUT2D eigenvalue weighted by Crippen LogP contribution is 2.15. The molecule has 0 radical (unpaired) electrons. The molecule has 4 heteroatoms. The van der Waals surface area contributed by atoms with Gasteiger partial charge in [0.05, 0.1) is 22.4 Å². The minimum atomic E-state index is -0.0214. The van der Waals surface area contributed by atoms with Crippen LogP contribution < -0.4 is 0 Å². The molecule has 0 spiro atoms. The van der Waals surface area contributed by atoms with E-state index in [1.807, 2.05) is 19.9 Å². The van der Waals surface area contributed by atoms with Crippen LogP contribution in [0.5, 0.6) is 0 Å². The van der Waals surface area contributed by atoms with E-state index in [0.717, 1.165) is 22.4 Å². The number of aryl methyl sites for hydroxylation is 2. The molecule has 1 aromatic carbocycles. The smallest absolute Gasteiger partial charge is 0.253 e. The zero-order chi connectivity index (χ0) is 12.6. The van der Waals surface area contributed by atoms with E-state index in [1.165, 1.54) is 0 Å². The van der Waals surface area contributed by atoms with Gasteiger partial charge in [-0.2, -0.15) is 0 Å². The molecule has 0 saturated carbocycles. The number of amides is 1. The molecule has 1 aromatic heterocycles. The minimum absolute atomic E-state index is 0.0214. The molecule has 0 bridgehead atoms. The number of hydrogen-bond acceptors (Lipinski definition) is 3. The van der Waals surface area contributed by atoms with Crippen LogP contribution in [0.3, 0.4) is 0 Å². The lowest BCUT2D eigenvalue weighted by Crippen LogP contribution is -2.21. The topological polar surface area (TPSA) is 46.1 Å². The summed E-state index contributed by atoms with van der Waals surface area (Å²) < 4.78 is 0.